The van der Waals surface area contributed by atoms with E-state index in [9.17, 15) is 4.79 Å². The summed E-state index contributed by atoms with van der Waals surface area (Å²) in [6.45, 7) is 2.59. The van der Waals surface area contributed by atoms with Crippen molar-refractivity contribution in [3.63, 3.8) is 0 Å². The highest BCUT2D eigenvalue weighted by molar-refractivity contribution is 5.82. The van der Waals surface area contributed by atoms with Gasteiger partial charge in [0.1, 0.15) is 0 Å². The fourth-order valence-corrected chi connectivity index (χ4v) is 3.23. The van der Waals surface area contributed by atoms with Crippen LogP contribution in [0.1, 0.15) is 18.0 Å². The largest absolute Gasteiger partial charge is 0.356 e. The predicted molar refractivity (Wildman–Crippen MR) is 83.0 cm³/mol. The topological polar surface area (TPSA) is 47.9 Å². The number of nitrogens with zero attached hydrogens (tertiary/aromatic N) is 3. The van der Waals surface area contributed by atoms with Gasteiger partial charge in [-0.2, -0.15) is 0 Å². The van der Waals surface area contributed by atoms with E-state index in [4.69, 9.17) is 0 Å². The first-order valence-corrected chi connectivity index (χ1v) is 7.47. The Labute approximate surface area is 125 Å². The molecule has 0 spiro atoms. The first-order valence-electron chi connectivity index (χ1n) is 7.47. The average molecular weight is 286 g/mol. The van der Waals surface area contributed by atoms with Gasteiger partial charge in [-0.15, -0.1) is 0 Å². The summed E-state index contributed by atoms with van der Waals surface area (Å²) in [6.07, 6.45) is 0.597. The number of carbonyl (C=O) groups excluding carboxylic acids is 1. The highest BCUT2D eigenvalue weighted by Gasteiger charge is 2.38. The van der Waals surface area contributed by atoms with Crippen molar-refractivity contribution in [3.05, 3.63) is 35.9 Å². The summed E-state index contributed by atoms with van der Waals surface area (Å²) < 4.78 is 0. The third-order valence-electron chi connectivity index (χ3n) is 4.42. The Morgan fingerprint density at radius 3 is 2.71 bits per heavy atom. The molecule has 2 atom stereocenters. The average Bonchev–Trinajstić information content (AvgIpc) is 3.02. The number of aliphatic imine (C=N–C) groups is 1. The maximum atomic E-state index is 12.1. The minimum atomic E-state index is 0.151. The summed E-state index contributed by atoms with van der Waals surface area (Å²) in [5.41, 5.74) is 1.21. The van der Waals surface area contributed by atoms with Gasteiger partial charge in [-0.1, -0.05) is 30.3 Å². The second-order valence-electron chi connectivity index (χ2n) is 5.83. The molecule has 2 aliphatic heterocycles. The number of likely N-dealkylation sites (N-methyl/N-ethyl adjacent to an activating group) is 1. The fraction of sp³-hybridized carbons (Fsp3) is 0.500. The normalized spacial score (nSPS) is 25.4. The van der Waals surface area contributed by atoms with E-state index in [2.05, 4.69) is 27.3 Å². The third-order valence-corrected chi connectivity index (χ3v) is 4.42. The lowest BCUT2D eigenvalue weighted by Crippen LogP contribution is -2.39. The van der Waals surface area contributed by atoms with Gasteiger partial charge < -0.3 is 15.1 Å². The Balaban J connectivity index is 1.72. The minimum Gasteiger partial charge on any atom is -0.356 e. The summed E-state index contributed by atoms with van der Waals surface area (Å²) in [5, 5.41) is 3.41. The molecule has 0 saturated carbocycles. The molecule has 21 heavy (non-hydrogen) atoms. The summed E-state index contributed by atoms with van der Waals surface area (Å²) >= 11 is 0. The van der Waals surface area contributed by atoms with Gasteiger partial charge in [0.15, 0.2) is 5.96 Å². The van der Waals surface area contributed by atoms with Crippen LogP contribution >= 0.6 is 0 Å². The number of rotatable bonds is 3. The van der Waals surface area contributed by atoms with Gasteiger partial charge in [-0.3, -0.25) is 9.79 Å². The van der Waals surface area contributed by atoms with Crippen LogP contribution in [-0.4, -0.2) is 55.4 Å². The van der Waals surface area contributed by atoms with E-state index >= 15 is 0 Å². The molecule has 0 aliphatic carbocycles. The van der Waals surface area contributed by atoms with Crippen LogP contribution in [-0.2, 0) is 4.79 Å². The fourth-order valence-electron chi connectivity index (χ4n) is 3.23. The Hall–Kier alpha value is -2.04. The van der Waals surface area contributed by atoms with Gasteiger partial charge in [-0.25, -0.2) is 0 Å². The smallest absolute Gasteiger partial charge is 0.223 e. The lowest BCUT2D eigenvalue weighted by Gasteiger charge is -2.26. The molecule has 0 aromatic heterocycles. The Kier molecular flexibility index (Phi) is 3.82. The first kappa shape index (κ1) is 13.9. The van der Waals surface area contributed by atoms with Crippen LogP contribution in [0.15, 0.2) is 35.3 Å². The van der Waals surface area contributed by atoms with Crippen molar-refractivity contribution in [1.29, 1.82) is 0 Å². The summed E-state index contributed by atoms with van der Waals surface area (Å²) in [6, 6.07) is 10.4. The van der Waals surface area contributed by atoms with Crippen molar-refractivity contribution in [2.75, 3.05) is 33.7 Å². The van der Waals surface area contributed by atoms with Gasteiger partial charge in [0, 0.05) is 39.5 Å². The van der Waals surface area contributed by atoms with Crippen molar-refractivity contribution in [2.24, 2.45) is 10.9 Å². The second kappa shape index (κ2) is 5.76. The summed E-state index contributed by atoms with van der Waals surface area (Å²) in [5.74, 6) is 1.45. The van der Waals surface area contributed by atoms with Gasteiger partial charge in [0.25, 0.3) is 0 Å². The zero-order valence-corrected chi connectivity index (χ0v) is 12.6. The maximum Gasteiger partial charge on any atom is 0.223 e. The van der Waals surface area contributed by atoms with Crippen LogP contribution in [0.2, 0.25) is 0 Å². The van der Waals surface area contributed by atoms with Crippen molar-refractivity contribution in [1.82, 2.24) is 15.1 Å². The van der Waals surface area contributed by atoms with Crippen LogP contribution in [0.5, 0.6) is 0 Å². The molecule has 0 bridgehead atoms. The lowest BCUT2D eigenvalue weighted by molar-refractivity contribution is -0.127. The quantitative estimate of drug-likeness (QED) is 0.905. The van der Waals surface area contributed by atoms with Crippen molar-refractivity contribution in [2.45, 2.75) is 12.5 Å². The van der Waals surface area contributed by atoms with Crippen molar-refractivity contribution in [3.8, 4) is 0 Å². The van der Waals surface area contributed by atoms with Crippen molar-refractivity contribution >= 4 is 11.9 Å². The molecule has 5 heteroatoms. The van der Waals surface area contributed by atoms with Crippen LogP contribution < -0.4 is 5.32 Å². The van der Waals surface area contributed by atoms with Crippen LogP contribution in [0.3, 0.4) is 0 Å². The van der Waals surface area contributed by atoms with Crippen LogP contribution in [0, 0.1) is 5.92 Å². The third kappa shape index (κ3) is 2.73. The summed E-state index contributed by atoms with van der Waals surface area (Å²) in [4.78, 5) is 20.5. The van der Waals surface area contributed by atoms with Gasteiger partial charge >= 0.3 is 0 Å². The van der Waals surface area contributed by atoms with E-state index in [0.29, 0.717) is 6.42 Å². The second-order valence-corrected chi connectivity index (χ2v) is 5.83. The zero-order valence-electron chi connectivity index (χ0n) is 12.6. The molecular weight excluding hydrogens is 264 g/mol. The zero-order chi connectivity index (χ0) is 14.8. The molecule has 2 heterocycles. The molecule has 5 nitrogen and oxygen atoms in total. The van der Waals surface area contributed by atoms with Gasteiger partial charge in [-0.05, 0) is 5.56 Å². The van der Waals surface area contributed by atoms with E-state index in [1.165, 1.54) is 5.56 Å². The molecule has 1 fully saturated rings. The number of amides is 1. The molecule has 1 saturated heterocycles. The van der Waals surface area contributed by atoms with Crippen LogP contribution in [0.25, 0.3) is 0 Å². The molecule has 3 rings (SSSR count). The molecule has 1 N–H and O–H groups in total. The van der Waals surface area contributed by atoms with Crippen LogP contribution in [0.4, 0.5) is 0 Å². The number of guanidine groups is 1. The Morgan fingerprint density at radius 1 is 1.29 bits per heavy atom. The van der Waals surface area contributed by atoms with Crippen molar-refractivity contribution < 1.29 is 4.79 Å². The number of nitrogens with one attached hydrogen (secondary N) is 1. The first-order chi connectivity index (χ1) is 10.2. The van der Waals surface area contributed by atoms with E-state index in [1.807, 2.05) is 37.2 Å². The van der Waals surface area contributed by atoms with E-state index in [-0.39, 0.29) is 17.9 Å². The predicted octanol–water partition coefficient (Wildman–Crippen LogP) is 1.10. The molecule has 2 aliphatic rings. The number of hydrogen-bond donors (Lipinski definition) is 1. The molecular formula is C16H22N4O. The van der Waals surface area contributed by atoms with E-state index in [1.54, 1.807) is 0 Å². The molecule has 0 radical (unpaired) electrons. The number of benzene rings is 1. The minimum absolute atomic E-state index is 0.151. The summed E-state index contributed by atoms with van der Waals surface area (Å²) in [7, 11) is 3.94. The van der Waals surface area contributed by atoms with E-state index in [0.717, 1.165) is 25.6 Å². The molecule has 1 aromatic carbocycles. The Bertz CT molecular complexity index is 542. The number of likely N-dealkylation sites (tertiary alicyclic amines) is 1. The highest BCUT2D eigenvalue weighted by atomic mass is 16.2. The SMILES string of the molecule is CN1CCN=C1NC[C@@H]1CC(=O)N(C)[C@H]1c1ccccc1. The highest BCUT2D eigenvalue weighted by Crippen LogP contribution is 2.36. The Morgan fingerprint density at radius 2 is 2.05 bits per heavy atom. The monoisotopic (exact) mass is 286 g/mol. The number of carbonyl (C=O) groups is 1. The molecule has 112 valence electrons. The standard InChI is InChI=1S/C16H22N4O/c1-19-9-8-17-16(19)18-11-13-10-14(21)20(2)15(13)12-6-4-3-5-7-12/h3-7,13,15H,8-11H2,1-2H3,(H,17,18)/t13-,15-/m0/s1. The number of hydrogen-bond acceptors (Lipinski definition) is 4. The lowest BCUT2D eigenvalue weighted by atomic mass is 9.94. The maximum absolute atomic E-state index is 12.1. The molecule has 1 amide bonds. The van der Waals surface area contributed by atoms with Gasteiger partial charge in [0.2, 0.25) is 5.91 Å². The van der Waals surface area contributed by atoms with E-state index < -0.39 is 0 Å². The molecule has 0 unspecified atom stereocenters. The molecule has 1 aromatic rings. The van der Waals surface area contributed by atoms with Gasteiger partial charge in [0.05, 0.1) is 12.6 Å².